The first-order valence-electron chi connectivity index (χ1n) is 16.1. The first kappa shape index (κ1) is 26.1. The molecule has 1 atom stereocenters. The first-order valence-corrected chi connectivity index (χ1v) is 16.1. The lowest BCUT2D eigenvalue weighted by Crippen LogP contribution is -2.39. The average molecular weight is 601 g/mol. The van der Waals surface area contributed by atoms with E-state index < -0.39 is 0 Å². The van der Waals surface area contributed by atoms with E-state index in [1.165, 1.54) is 32.7 Å². The molecule has 2 heterocycles. The Hall–Kier alpha value is -6.19. The van der Waals surface area contributed by atoms with Crippen molar-refractivity contribution in [2.45, 2.75) is 6.04 Å². The highest BCUT2D eigenvalue weighted by Crippen LogP contribution is 2.44. The molecule has 47 heavy (non-hydrogen) atoms. The standard InChI is InChI=1S/C44H28N2O/c1-2-12-27(13-3-1)28-22-24-29(25-23-28)42-34-18-8-10-20-38(34)45-44(46-42)37-26-36-32-16-5-4-14-30(32)31-15-6-7-17-33(31)40(36)43-41(37)35-19-9-11-21-39(35)47-43/h1-26,38H,(H,45,46). The number of aliphatic imine (C=N–C) groups is 1. The Morgan fingerprint density at radius 3 is 1.94 bits per heavy atom. The van der Waals surface area contributed by atoms with E-state index in [1.807, 2.05) is 6.07 Å². The zero-order valence-electron chi connectivity index (χ0n) is 25.4. The van der Waals surface area contributed by atoms with Crippen molar-refractivity contribution >= 4 is 65.8 Å². The number of rotatable bonds is 3. The van der Waals surface area contributed by atoms with Crippen LogP contribution >= 0.6 is 0 Å². The zero-order valence-corrected chi connectivity index (χ0v) is 25.4. The maximum atomic E-state index is 6.81. The van der Waals surface area contributed by atoms with E-state index >= 15 is 0 Å². The summed E-state index contributed by atoms with van der Waals surface area (Å²) in [6.07, 6.45) is 8.61. The van der Waals surface area contributed by atoms with Crippen LogP contribution in [0.3, 0.4) is 0 Å². The van der Waals surface area contributed by atoms with Gasteiger partial charge in [0.1, 0.15) is 17.0 Å². The molecule has 1 aliphatic heterocycles. The molecular weight excluding hydrogens is 572 g/mol. The number of fused-ring (bicyclic) bond motifs is 11. The third-order valence-electron chi connectivity index (χ3n) is 9.69. The third-order valence-corrected chi connectivity index (χ3v) is 9.69. The molecule has 3 nitrogen and oxygen atoms in total. The van der Waals surface area contributed by atoms with Gasteiger partial charge in [-0.15, -0.1) is 0 Å². The van der Waals surface area contributed by atoms with Crippen molar-refractivity contribution in [1.82, 2.24) is 5.32 Å². The highest BCUT2D eigenvalue weighted by Gasteiger charge is 2.28. The monoisotopic (exact) mass is 600 g/mol. The normalized spacial score (nSPS) is 15.9. The Balaban J connectivity index is 1.27. The molecule has 7 aromatic carbocycles. The quantitative estimate of drug-likeness (QED) is 0.205. The van der Waals surface area contributed by atoms with Crippen molar-refractivity contribution in [1.29, 1.82) is 0 Å². The summed E-state index contributed by atoms with van der Waals surface area (Å²) in [5.41, 5.74) is 8.44. The smallest absolute Gasteiger partial charge is 0.144 e. The molecule has 0 bridgehead atoms. The number of nitrogens with zero attached hydrogens (tertiary/aromatic N) is 1. The fourth-order valence-electron chi connectivity index (χ4n) is 7.53. The van der Waals surface area contributed by atoms with Crippen molar-refractivity contribution in [3.05, 3.63) is 174 Å². The van der Waals surface area contributed by atoms with Crippen molar-refractivity contribution in [2.75, 3.05) is 0 Å². The number of nitrogens with one attached hydrogen (secondary N) is 1. The van der Waals surface area contributed by atoms with Crippen LogP contribution in [0.4, 0.5) is 0 Å². The SMILES string of the molecule is C1=CC2=C(c3ccc(-c4ccccc4)cc3)N=C(c3cc4c5ccccc5c5ccccc5c4c4oc5ccccc5c34)NC2C=C1. The van der Waals surface area contributed by atoms with Gasteiger partial charge in [-0.3, -0.25) is 0 Å². The molecule has 0 saturated heterocycles. The van der Waals surface area contributed by atoms with E-state index in [1.54, 1.807) is 0 Å². The molecule has 1 N–H and O–H groups in total. The summed E-state index contributed by atoms with van der Waals surface area (Å²) in [5.74, 6) is 0.844. The van der Waals surface area contributed by atoms with Gasteiger partial charge in [-0.25, -0.2) is 4.99 Å². The van der Waals surface area contributed by atoms with Crippen LogP contribution in [0.25, 0.3) is 71.1 Å². The molecule has 1 aromatic heterocycles. The Labute approximate surface area is 271 Å². The van der Waals surface area contributed by atoms with Gasteiger partial charge in [0.2, 0.25) is 0 Å². The van der Waals surface area contributed by atoms with Crippen molar-refractivity contribution in [2.24, 2.45) is 4.99 Å². The molecule has 0 radical (unpaired) electrons. The minimum Gasteiger partial charge on any atom is -0.455 e. The van der Waals surface area contributed by atoms with Crippen LogP contribution in [0.5, 0.6) is 0 Å². The van der Waals surface area contributed by atoms with Gasteiger partial charge < -0.3 is 9.73 Å². The largest absolute Gasteiger partial charge is 0.455 e. The highest BCUT2D eigenvalue weighted by atomic mass is 16.3. The molecule has 0 saturated carbocycles. The van der Waals surface area contributed by atoms with Gasteiger partial charge in [0.25, 0.3) is 0 Å². The van der Waals surface area contributed by atoms with Gasteiger partial charge in [0.05, 0.1) is 11.7 Å². The third kappa shape index (κ3) is 3.96. The summed E-state index contributed by atoms with van der Waals surface area (Å²) >= 11 is 0. The van der Waals surface area contributed by atoms with Crippen LogP contribution in [0.1, 0.15) is 11.1 Å². The van der Waals surface area contributed by atoms with E-state index in [4.69, 9.17) is 9.41 Å². The van der Waals surface area contributed by atoms with E-state index in [-0.39, 0.29) is 6.04 Å². The number of allylic oxidation sites excluding steroid dienone is 2. The van der Waals surface area contributed by atoms with Gasteiger partial charge >= 0.3 is 0 Å². The fraction of sp³-hybridized carbons (Fsp3) is 0.0227. The van der Waals surface area contributed by atoms with E-state index in [0.717, 1.165) is 60.9 Å². The van der Waals surface area contributed by atoms with E-state index in [0.29, 0.717) is 0 Å². The second-order valence-corrected chi connectivity index (χ2v) is 12.3. The van der Waals surface area contributed by atoms with Crippen molar-refractivity contribution < 1.29 is 4.42 Å². The van der Waals surface area contributed by atoms with Crippen molar-refractivity contribution in [3.63, 3.8) is 0 Å². The van der Waals surface area contributed by atoms with Gasteiger partial charge in [0.15, 0.2) is 0 Å². The van der Waals surface area contributed by atoms with Gasteiger partial charge in [0, 0.05) is 32.9 Å². The molecule has 0 fully saturated rings. The molecular formula is C44H28N2O. The Morgan fingerprint density at radius 1 is 0.532 bits per heavy atom. The van der Waals surface area contributed by atoms with Crippen LogP contribution in [0.2, 0.25) is 0 Å². The topological polar surface area (TPSA) is 37.5 Å². The van der Waals surface area contributed by atoms with Gasteiger partial charge in [-0.1, -0.05) is 146 Å². The molecule has 1 unspecified atom stereocenters. The highest BCUT2D eigenvalue weighted by molar-refractivity contribution is 6.35. The van der Waals surface area contributed by atoms with Gasteiger partial charge in [-0.05, 0) is 50.2 Å². The van der Waals surface area contributed by atoms with Gasteiger partial charge in [-0.2, -0.15) is 0 Å². The van der Waals surface area contributed by atoms with E-state index in [9.17, 15) is 0 Å². The zero-order chi connectivity index (χ0) is 30.9. The Kier molecular flexibility index (Phi) is 5.64. The Morgan fingerprint density at radius 2 is 1.15 bits per heavy atom. The summed E-state index contributed by atoms with van der Waals surface area (Å²) in [4.78, 5) is 5.45. The number of furan rings is 1. The number of benzene rings is 7. The summed E-state index contributed by atoms with van der Waals surface area (Å²) in [6, 6.07) is 47.4. The molecule has 0 amide bonds. The molecule has 2 aliphatic rings. The number of amidine groups is 1. The lowest BCUT2D eigenvalue weighted by atomic mass is 9.89. The predicted molar refractivity (Wildman–Crippen MR) is 197 cm³/mol. The number of hydrogen-bond acceptors (Lipinski definition) is 3. The second-order valence-electron chi connectivity index (χ2n) is 12.3. The maximum Gasteiger partial charge on any atom is 0.144 e. The Bertz CT molecular complexity index is 2690. The van der Waals surface area contributed by atoms with Crippen LogP contribution in [0, 0.1) is 0 Å². The molecule has 220 valence electrons. The molecule has 8 aromatic rings. The summed E-state index contributed by atoms with van der Waals surface area (Å²) in [5, 5.41) is 13.1. The molecule has 3 heteroatoms. The van der Waals surface area contributed by atoms with Crippen LogP contribution in [0.15, 0.2) is 173 Å². The van der Waals surface area contributed by atoms with Crippen LogP contribution in [-0.2, 0) is 0 Å². The number of para-hydroxylation sites is 1. The molecule has 0 spiro atoms. The van der Waals surface area contributed by atoms with Crippen LogP contribution in [-0.4, -0.2) is 11.9 Å². The minimum atomic E-state index is -0.00596. The molecule has 10 rings (SSSR count). The lowest BCUT2D eigenvalue weighted by Gasteiger charge is -2.28. The van der Waals surface area contributed by atoms with E-state index in [2.05, 4.69) is 157 Å². The first-order chi connectivity index (χ1) is 23.3. The summed E-state index contributed by atoms with van der Waals surface area (Å²) in [7, 11) is 0. The maximum absolute atomic E-state index is 6.81. The number of hydrogen-bond donors (Lipinski definition) is 1. The predicted octanol–water partition coefficient (Wildman–Crippen LogP) is 11.0. The van der Waals surface area contributed by atoms with Crippen molar-refractivity contribution in [3.8, 4) is 11.1 Å². The average Bonchev–Trinajstić information content (AvgIpc) is 3.54. The van der Waals surface area contributed by atoms with Crippen LogP contribution < -0.4 is 5.32 Å². The summed E-state index contributed by atoms with van der Waals surface area (Å²) in [6.45, 7) is 0. The summed E-state index contributed by atoms with van der Waals surface area (Å²) < 4.78 is 6.81. The fourth-order valence-corrected chi connectivity index (χ4v) is 7.53. The molecule has 1 aliphatic carbocycles. The second kappa shape index (κ2) is 10.2. The minimum absolute atomic E-state index is 0.00596. The lowest BCUT2D eigenvalue weighted by molar-refractivity contribution is 0.673.